The molecule has 1 saturated heterocycles. The molecule has 1 aromatic rings. The van der Waals surface area contributed by atoms with Gasteiger partial charge in [-0.05, 0) is 59.9 Å². The van der Waals surface area contributed by atoms with Crippen molar-refractivity contribution in [1.29, 1.82) is 0 Å². The molecule has 0 unspecified atom stereocenters. The number of allylic oxidation sites excluding steroid dienone is 1. The van der Waals surface area contributed by atoms with E-state index >= 15 is 0 Å². The van der Waals surface area contributed by atoms with Crippen molar-refractivity contribution < 1.29 is 28.8 Å². The number of hydrogen-bond acceptors (Lipinski definition) is 6. The number of fused-ring (bicyclic) bond motifs is 3. The zero-order valence-corrected chi connectivity index (χ0v) is 19.5. The highest BCUT2D eigenvalue weighted by molar-refractivity contribution is 5.87. The third-order valence-corrected chi connectivity index (χ3v) is 7.87. The Morgan fingerprint density at radius 3 is 2.53 bits per heavy atom. The first kappa shape index (κ1) is 23.0. The first-order chi connectivity index (χ1) is 15.2. The molecular formula is C26H34O6. The summed E-state index contributed by atoms with van der Waals surface area (Å²) in [5, 5.41) is 9.43. The van der Waals surface area contributed by atoms with E-state index in [1.807, 2.05) is 0 Å². The molecule has 1 saturated carbocycles. The number of rotatable bonds is 5. The van der Waals surface area contributed by atoms with Crippen molar-refractivity contribution >= 4 is 12.0 Å². The minimum atomic E-state index is -0.443. The van der Waals surface area contributed by atoms with E-state index in [2.05, 4.69) is 26.8 Å². The van der Waals surface area contributed by atoms with Crippen molar-refractivity contribution in [2.75, 3.05) is 14.2 Å². The van der Waals surface area contributed by atoms with Crippen LogP contribution < -0.4 is 0 Å². The van der Waals surface area contributed by atoms with E-state index in [0.29, 0.717) is 5.92 Å². The molecule has 0 bridgehead atoms. The highest BCUT2D eigenvalue weighted by atomic mass is 16.8. The second kappa shape index (κ2) is 8.65. The van der Waals surface area contributed by atoms with Gasteiger partial charge in [0.25, 0.3) is 0 Å². The van der Waals surface area contributed by atoms with Crippen LogP contribution in [0.3, 0.4) is 0 Å². The summed E-state index contributed by atoms with van der Waals surface area (Å²) in [4.78, 5) is 12.8. The van der Waals surface area contributed by atoms with Crippen molar-refractivity contribution in [2.45, 2.75) is 58.7 Å². The number of hydrogen-bond donors (Lipinski definition) is 1. The Balaban J connectivity index is 1.62. The predicted octanol–water partition coefficient (Wildman–Crippen LogP) is 4.68. The third-order valence-electron chi connectivity index (χ3n) is 7.87. The normalized spacial score (nSPS) is 35.8. The average molecular weight is 443 g/mol. The van der Waals surface area contributed by atoms with Gasteiger partial charge in [0.1, 0.15) is 11.9 Å². The molecular weight excluding hydrogens is 408 g/mol. The van der Waals surface area contributed by atoms with Crippen LogP contribution in [0.25, 0.3) is 6.08 Å². The average Bonchev–Trinajstić information content (AvgIpc) is 3.14. The van der Waals surface area contributed by atoms with Gasteiger partial charge in [0.05, 0.1) is 0 Å². The van der Waals surface area contributed by atoms with Crippen molar-refractivity contribution in [1.82, 2.24) is 0 Å². The van der Waals surface area contributed by atoms with Gasteiger partial charge in [-0.2, -0.15) is 0 Å². The minimum absolute atomic E-state index is 0.0466. The van der Waals surface area contributed by atoms with Crippen molar-refractivity contribution in [3.63, 3.8) is 0 Å². The summed E-state index contributed by atoms with van der Waals surface area (Å²) in [5.41, 5.74) is 1.67. The number of phenols is 1. The maximum absolute atomic E-state index is 12.8. The largest absolute Gasteiger partial charge is 0.508 e. The van der Waals surface area contributed by atoms with Gasteiger partial charge in [0.15, 0.2) is 12.6 Å². The van der Waals surface area contributed by atoms with Crippen LogP contribution in [0.15, 0.2) is 42.0 Å². The Kier molecular flexibility index (Phi) is 6.23. The maximum Gasteiger partial charge on any atom is 0.331 e. The van der Waals surface area contributed by atoms with Crippen molar-refractivity contribution in [3.05, 3.63) is 47.6 Å². The lowest BCUT2D eigenvalue weighted by Crippen LogP contribution is -2.58. The number of carbonyl (C=O) groups is 1. The van der Waals surface area contributed by atoms with Crippen LogP contribution in [0.5, 0.6) is 5.75 Å². The molecule has 32 heavy (non-hydrogen) atoms. The van der Waals surface area contributed by atoms with E-state index in [9.17, 15) is 9.90 Å². The summed E-state index contributed by atoms with van der Waals surface area (Å²) in [6.07, 6.45) is 6.95. The molecule has 1 N–H and O–H groups in total. The first-order valence-corrected chi connectivity index (χ1v) is 11.3. The first-order valence-electron chi connectivity index (χ1n) is 11.3. The second-order valence-electron chi connectivity index (χ2n) is 10.0. The van der Waals surface area contributed by atoms with Gasteiger partial charge in [-0.1, -0.05) is 39.0 Å². The van der Waals surface area contributed by atoms with E-state index in [1.54, 1.807) is 44.6 Å². The summed E-state index contributed by atoms with van der Waals surface area (Å²) in [5.74, 6) is 0.0911. The van der Waals surface area contributed by atoms with Crippen LogP contribution in [0.1, 0.15) is 45.6 Å². The summed E-state index contributed by atoms with van der Waals surface area (Å²) in [6, 6.07) is 6.68. The molecule has 6 atom stereocenters. The second-order valence-corrected chi connectivity index (χ2v) is 10.0. The maximum atomic E-state index is 12.8. The van der Waals surface area contributed by atoms with Gasteiger partial charge in [-0.15, -0.1) is 0 Å². The van der Waals surface area contributed by atoms with E-state index in [4.69, 9.17) is 18.9 Å². The molecule has 6 nitrogen and oxygen atoms in total. The number of ether oxygens (including phenoxy) is 4. The number of benzene rings is 1. The Morgan fingerprint density at radius 2 is 1.88 bits per heavy atom. The Morgan fingerprint density at radius 1 is 1.16 bits per heavy atom. The highest BCUT2D eigenvalue weighted by Gasteiger charge is 2.63. The summed E-state index contributed by atoms with van der Waals surface area (Å²) in [7, 11) is 3.30. The monoisotopic (exact) mass is 442 g/mol. The smallest absolute Gasteiger partial charge is 0.331 e. The number of aromatic hydroxyl groups is 1. The molecule has 6 heteroatoms. The van der Waals surface area contributed by atoms with E-state index in [1.165, 1.54) is 6.08 Å². The zero-order valence-electron chi connectivity index (χ0n) is 19.5. The lowest BCUT2D eigenvalue weighted by atomic mass is 9.47. The van der Waals surface area contributed by atoms with Crippen LogP contribution in [0, 0.1) is 22.7 Å². The molecule has 2 aliphatic carbocycles. The van der Waals surface area contributed by atoms with Crippen LogP contribution in [-0.4, -0.2) is 44.0 Å². The number of methoxy groups -OCH3 is 2. The Labute approximate surface area is 190 Å². The lowest BCUT2D eigenvalue weighted by Gasteiger charge is -2.58. The number of phenolic OH excluding ortho intramolecular Hbond substituents is 1. The topological polar surface area (TPSA) is 74.2 Å². The quantitative estimate of drug-likeness (QED) is 0.405. The lowest BCUT2D eigenvalue weighted by molar-refractivity contribution is -0.223. The molecule has 174 valence electrons. The summed E-state index contributed by atoms with van der Waals surface area (Å²) >= 11 is 0. The molecule has 0 amide bonds. The molecule has 4 rings (SSSR count). The molecule has 1 aromatic carbocycles. The SMILES string of the molecule is CO[C@H]1O[C@H](OC)[C@H]2C1=CC[C@H]1C(C)(C)CC[C@@H](OC(=O)/C=C/c3ccc(O)cc3)[C@]21C. The van der Waals surface area contributed by atoms with E-state index < -0.39 is 12.6 Å². The molecule has 3 aliphatic rings. The fourth-order valence-electron chi connectivity index (χ4n) is 6.26. The minimum Gasteiger partial charge on any atom is -0.508 e. The van der Waals surface area contributed by atoms with Crippen LogP contribution >= 0.6 is 0 Å². The van der Waals surface area contributed by atoms with E-state index in [0.717, 1.165) is 30.4 Å². The standard InChI is InChI=1S/C26H34O6/c1-25(2)15-14-20(31-21(28)13-8-16-6-9-17(27)10-7-16)26(3)19(25)12-11-18-22(26)24(30-5)32-23(18)29-4/h6-11,13,19-20,22-24,27H,12,14-15H2,1-5H3/b13-8+/t19-,20+,22+,23-,24-,26+/m0/s1. The summed E-state index contributed by atoms with van der Waals surface area (Å²) < 4.78 is 23.5. The van der Waals surface area contributed by atoms with Crippen molar-refractivity contribution in [2.24, 2.45) is 22.7 Å². The molecule has 0 spiro atoms. The third kappa shape index (κ3) is 3.89. The van der Waals surface area contributed by atoms with E-state index in [-0.39, 0.29) is 34.6 Å². The van der Waals surface area contributed by atoms with Gasteiger partial charge in [-0.25, -0.2) is 4.79 Å². The molecule has 0 aromatic heterocycles. The number of carbonyl (C=O) groups excluding carboxylic acids is 1. The number of esters is 1. The molecule has 1 heterocycles. The summed E-state index contributed by atoms with van der Waals surface area (Å²) in [6.45, 7) is 6.84. The molecule has 0 radical (unpaired) electrons. The van der Waals surface area contributed by atoms with Crippen molar-refractivity contribution in [3.8, 4) is 5.75 Å². The van der Waals surface area contributed by atoms with Gasteiger partial charge in [0.2, 0.25) is 0 Å². The van der Waals surface area contributed by atoms with Gasteiger partial charge in [-0.3, -0.25) is 0 Å². The highest BCUT2D eigenvalue weighted by Crippen LogP contribution is 2.63. The van der Waals surface area contributed by atoms with Gasteiger partial charge in [0, 0.05) is 31.6 Å². The van der Waals surface area contributed by atoms with Crippen LogP contribution in [0.2, 0.25) is 0 Å². The Bertz CT molecular complexity index is 901. The zero-order chi connectivity index (χ0) is 23.1. The van der Waals surface area contributed by atoms with Gasteiger partial charge < -0.3 is 24.1 Å². The fraction of sp³-hybridized carbons (Fsp3) is 0.577. The molecule has 1 aliphatic heterocycles. The molecule has 2 fully saturated rings. The van der Waals surface area contributed by atoms with Gasteiger partial charge >= 0.3 is 5.97 Å². The fourth-order valence-corrected chi connectivity index (χ4v) is 6.26. The predicted molar refractivity (Wildman–Crippen MR) is 121 cm³/mol. The van der Waals surface area contributed by atoms with Crippen LogP contribution in [0.4, 0.5) is 0 Å². The van der Waals surface area contributed by atoms with Crippen LogP contribution in [-0.2, 0) is 23.7 Å². The Hall–Kier alpha value is -2.15.